The fourth-order valence-electron chi connectivity index (χ4n) is 2.42. The van der Waals surface area contributed by atoms with E-state index in [1.165, 1.54) is 12.3 Å². The first-order valence-corrected chi connectivity index (χ1v) is 8.32. The summed E-state index contributed by atoms with van der Waals surface area (Å²) < 4.78 is 9.89. The standard InChI is InChI=1S/C18H14N8O3/c19-9-10-8-11(4-5-12(10)20)21-18-24-17(29-26-18)14-2-1-3-15(22-14)23-16(27)13-6-7-28-25-13/h1-9,19H,20H2,(H,21,26)(H,22,23,27). The molecule has 0 saturated carbocycles. The van der Waals surface area contributed by atoms with Crippen molar-refractivity contribution >= 4 is 35.3 Å². The van der Waals surface area contributed by atoms with E-state index in [-0.39, 0.29) is 23.4 Å². The third-order valence-corrected chi connectivity index (χ3v) is 3.80. The Balaban J connectivity index is 1.51. The molecule has 144 valence electrons. The number of nitrogen functional groups attached to an aromatic ring is 1. The summed E-state index contributed by atoms with van der Waals surface area (Å²) in [5.74, 6) is 0.200. The van der Waals surface area contributed by atoms with Gasteiger partial charge in [-0.15, -0.1) is 0 Å². The summed E-state index contributed by atoms with van der Waals surface area (Å²) in [4.78, 5) is 20.6. The van der Waals surface area contributed by atoms with Crippen molar-refractivity contribution in [3.63, 3.8) is 0 Å². The molecule has 3 heterocycles. The number of pyridine rings is 1. The first kappa shape index (κ1) is 17.9. The van der Waals surface area contributed by atoms with E-state index in [2.05, 4.69) is 35.4 Å². The summed E-state index contributed by atoms with van der Waals surface area (Å²) in [6.07, 6.45) is 2.46. The van der Waals surface area contributed by atoms with Gasteiger partial charge in [-0.3, -0.25) is 4.79 Å². The smallest absolute Gasteiger partial charge is 0.278 e. The van der Waals surface area contributed by atoms with Gasteiger partial charge in [0.1, 0.15) is 17.8 Å². The molecule has 0 radical (unpaired) electrons. The Labute approximate surface area is 163 Å². The van der Waals surface area contributed by atoms with E-state index >= 15 is 0 Å². The highest BCUT2D eigenvalue weighted by molar-refractivity contribution is 6.02. The number of hydrogen-bond donors (Lipinski definition) is 4. The molecule has 0 aliphatic rings. The Bertz CT molecular complexity index is 1170. The van der Waals surface area contributed by atoms with Crippen LogP contribution in [0.3, 0.4) is 0 Å². The Morgan fingerprint density at radius 1 is 1.14 bits per heavy atom. The van der Waals surface area contributed by atoms with Gasteiger partial charge >= 0.3 is 0 Å². The van der Waals surface area contributed by atoms with Gasteiger partial charge in [-0.05, 0) is 35.5 Å². The van der Waals surface area contributed by atoms with Crippen molar-refractivity contribution < 1.29 is 13.8 Å². The molecular formula is C18H14N8O3. The molecule has 29 heavy (non-hydrogen) atoms. The van der Waals surface area contributed by atoms with Crippen LogP contribution in [-0.4, -0.2) is 32.4 Å². The lowest BCUT2D eigenvalue weighted by molar-refractivity contribution is 0.101. The number of benzene rings is 1. The van der Waals surface area contributed by atoms with Crippen LogP contribution in [0.5, 0.6) is 0 Å². The fraction of sp³-hybridized carbons (Fsp3) is 0. The quantitative estimate of drug-likeness (QED) is 0.285. The lowest BCUT2D eigenvalue weighted by Gasteiger charge is -2.04. The van der Waals surface area contributed by atoms with Crippen LogP contribution < -0.4 is 16.4 Å². The third kappa shape index (κ3) is 3.93. The molecule has 4 rings (SSSR count). The Morgan fingerprint density at radius 2 is 2.03 bits per heavy atom. The van der Waals surface area contributed by atoms with Crippen LogP contribution in [0, 0.1) is 5.41 Å². The lowest BCUT2D eigenvalue weighted by atomic mass is 10.2. The van der Waals surface area contributed by atoms with Gasteiger partial charge in [0, 0.05) is 29.2 Å². The topological polar surface area (TPSA) is 169 Å². The normalized spacial score (nSPS) is 10.5. The average Bonchev–Trinajstić information content (AvgIpc) is 3.42. The third-order valence-electron chi connectivity index (χ3n) is 3.80. The van der Waals surface area contributed by atoms with Crippen molar-refractivity contribution in [2.24, 2.45) is 0 Å². The number of rotatable bonds is 6. The van der Waals surface area contributed by atoms with Gasteiger partial charge in [0.25, 0.3) is 17.7 Å². The number of hydrogen-bond acceptors (Lipinski definition) is 10. The summed E-state index contributed by atoms with van der Waals surface area (Å²) in [6, 6.07) is 11.5. The van der Waals surface area contributed by atoms with Crippen molar-refractivity contribution in [1.82, 2.24) is 20.3 Å². The molecule has 5 N–H and O–H groups in total. The molecule has 3 aromatic heterocycles. The second-order valence-corrected chi connectivity index (χ2v) is 5.78. The zero-order chi connectivity index (χ0) is 20.2. The summed E-state index contributed by atoms with van der Waals surface area (Å²) in [6.45, 7) is 0. The molecule has 1 amide bonds. The van der Waals surface area contributed by atoms with Gasteiger partial charge in [0.15, 0.2) is 5.69 Å². The Morgan fingerprint density at radius 3 is 2.83 bits per heavy atom. The molecule has 11 heteroatoms. The molecule has 0 saturated heterocycles. The van der Waals surface area contributed by atoms with Crippen LogP contribution >= 0.6 is 0 Å². The van der Waals surface area contributed by atoms with Crippen molar-refractivity contribution in [2.45, 2.75) is 0 Å². The first-order valence-electron chi connectivity index (χ1n) is 8.32. The highest BCUT2D eigenvalue weighted by Crippen LogP contribution is 2.22. The minimum Gasteiger partial charge on any atom is -0.398 e. The number of anilines is 4. The zero-order valence-electron chi connectivity index (χ0n) is 14.8. The highest BCUT2D eigenvalue weighted by atomic mass is 16.5. The summed E-state index contributed by atoms with van der Waals surface area (Å²) >= 11 is 0. The van der Waals surface area contributed by atoms with E-state index < -0.39 is 5.91 Å². The maximum absolute atomic E-state index is 12.0. The van der Waals surface area contributed by atoms with E-state index in [9.17, 15) is 4.79 Å². The van der Waals surface area contributed by atoms with Crippen LogP contribution in [0.1, 0.15) is 16.1 Å². The molecule has 0 spiro atoms. The number of nitrogens with one attached hydrogen (secondary N) is 3. The Hall–Kier alpha value is -4.54. The number of carbonyl (C=O) groups is 1. The van der Waals surface area contributed by atoms with Crippen LogP contribution in [0.4, 0.5) is 23.1 Å². The maximum Gasteiger partial charge on any atom is 0.278 e. The molecule has 0 aliphatic carbocycles. The van der Waals surface area contributed by atoms with Crippen molar-refractivity contribution in [1.29, 1.82) is 5.41 Å². The molecule has 0 aliphatic heterocycles. The number of nitrogens with two attached hydrogens (primary N) is 1. The monoisotopic (exact) mass is 390 g/mol. The largest absolute Gasteiger partial charge is 0.398 e. The van der Waals surface area contributed by atoms with Gasteiger partial charge < -0.3 is 30.8 Å². The molecule has 11 nitrogen and oxygen atoms in total. The fourth-order valence-corrected chi connectivity index (χ4v) is 2.42. The number of nitrogens with zero attached hydrogens (tertiary/aromatic N) is 4. The summed E-state index contributed by atoms with van der Waals surface area (Å²) in [5, 5.41) is 20.4. The number of carbonyl (C=O) groups excluding carboxylic acids is 1. The van der Waals surface area contributed by atoms with Gasteiger partial charge in [0.05, 0.1) is 0 Å². The molecule has 0 atom stereocenters. The minimum absolute atomic E-state index is 0.134. The molecule has 0 unspecified atom stereocenters. The summed E-state index contributed by atoms with van der Waals surface area (Å²) in [7, 11) is 0. The van der Waals surface area contributed by atoms with Gasteiger partial charge in [-0.2, -0.15) is 4.98 Å². The average molecular weight is 390 g/mol. The highest BCUT2D eigenvalue weighted by Gasteiger charge is 2.14. The van der Waals surface area contributed by atoms with Crippen LogP contribution in [0.2, 0.25) is 0 Å². The van der Waals surface area contributed by atoms with Crippen molar-refractivity contribution in [2.75, 3.05) is 16.4 Å². The van der Waals surface area contributed by atoms with E-state index in [1.54, 1.807) is 36.4 Å². The molecule has 1 aromatic carbocycles. The van der Waals surface area contributed by atoms with E-state index in [1.807, 2.05) is 0 Å². The number of aromatic nitrogens is 4. The maximum atomic E-state index is 12.0. The van der Waals surface area contributed by atoms with Crippen molar-refractivity contribution in [3.8, 4) is 11.6 Å². The molecule has 4 aromatic rings. The Kier molecular flexibility index (Phi) is 4.68. The minimum atomic E-state index is -0.457. The van der Waals surface area contributed by atoms with Gasteiger partial charge in [0.2, 0.25) is 0 Å². The second kappa shape index (κ2) is 7.60. The van der Waals surface area contributed by atoms with Crippen LogP contribution in [0.25, 0.3) is 11.6 Å². The van der Waals surface area contributed by atoms with Gasteiger partial charge in [-0.1, -0.05) is 11.2 Å². The number of amides is 1. The SMILES string of the molecule is N=Cc1cc(Nc2noc(-c3cccc(NC(=O)c4ccon4)n3)n2)ccc1N. The van der Waals surface area contributed by atoms with Crippen LogP contribution in [0.15, 0.2) is 57.8 Å². The lowest BCUT2D eigenvalue weighted by Crippen LogP contribution is -2.13. The predicted octanol–water partition coefficient (Wildman–Crippen LogP) is 2.70. The van der Waals surface area contributed by atoms with E-state index in [0.29, 0.717) is 22.6 Å². The molecule has 0 bridgehead atoms. The van der Waals surface area contributed by atoms with E-state index in [4.69, 9.17) is 15.7 Å². The van der Waals surface area contributed by atoms with Gasteiger partial charge in [-0.25, -0.2) is 4.98 Å². The van der Waals surface area contributed by atoms with E-state index in [0.717, 1.165) is 6.21 Å². The zero-order valence-corrected chi connectivity index (χ0v) is 14.8. The second-order valence-electron chi connectivity index (χ2n) is 5.78. The summed E-state index contributed by atoms with van der Waals surface area (Å²) in [5.41, 5.74) is 7.99. The molecule has 0 fully saturated rings. The van der Waals surface area contributed by atoms with Crippen LogP contribution in [-0.2, 0) is 0 Å². The predicted molar refractivity (Wildman–Crippen MR) is 104 cm³/mol. The van der Waals surface area contributed by atoms with Crippen molar-refractivity contribution in [3.05, 3.63) is 60.0 Å². The molecular weight excluding hydrogens is 376 g/mol. The first-order chi connectivity index (χ1) is 14.1.